The Labute approximate surface area is 118 Å². The maximum absolute atomic E-state index is 12.4. The summed E-state index contributed by atoms with van der Waals surface area (Å²) in [6.45, 7) is 4.11. The van der Waals surface area contributed by atoms with E-state index in [2.05, 4.69) is 10.3 Å². The minimum absolute atomic E-state index is 0.0359. The van der Waals surface area contributed by atoms with Crippen LogP contribution in [0.2, 0.25) is 0 Å². The van der Waals surface area contributed by atoms with E-state index in [0.717, 1.165) is 10.9 Å². The molecule has 1 heterocycles. The monoisotopic (exact) mass is 275 g/mol. The third kappa shape index (κ3) is 2.93. The predicted octanol–water partition coefficient (Wildman–Crippen LogP) is 1.89. The van der Waals surface area contributed by atoms with Gasteiger partial charge in [0.15, 0.2) is 0 Å². The Morgan fingerprint density at radius 3 is 2.85 bits per heavy atom. The van der Waals surface area contributed by atoms with Gasteiger partial charge in [-0.05, 0) is 30.5 Å². The van der Waals surface area contributed by atoms with E-state index < -0.39 is 0 Å². The predicted molar refractivity (Wildman–Crippen MR) is 80.5 cm³/mol. The molecule has 108 valence electrons. The van der Waals surface area contributed by atoms with Crippen molar-refractivity contribution in [1.29, 1.82) is 0 Å². The molecule has 1 atom stereocenters. The van der Waals surface area contributed by atoms with E-state index in [1.54, 1.807) is 18.3 Å². The Kier molecular flexibility index (Phi) is 4.29. The van der Waals surface area contributed by atoms with Gasteiger partial charge in [-0.15, -0.1) is 0 Å². The van der Waals surface area contributed by atoms with Gasteiger partial charge < -0.3 is 21.1 Å². The van der Waals surface area contributed by atoms with Crippen LogP contribution in [0.4, 0.5) is 5.69 Å². The average Bonchev–Trinajstić information content (AvgIpc) is 2.80. The molecule has 0 saturated heterocycles. The van der Waals surface area contributed by atoms with Crippen LogP contribution in [-0.4, -0.2) is 28.6 Å². The molecule has 1 unspecified atom stereocenters. The number of hydrogen-bond donors (Lipinski definition) is 4. The van der Waals surface area contributed by atoms with E-state index in [1.807, 2.05) is 19.9 Å². The van der Waals surface area contributed by atoms with Crippen molar-refractivity contribution in [2.24, 2.45) is 5.92 Å². The molecule has 0 radical (unpaired) electrons. The number of aliphatic hydroxyl groups is 1. The first-order valence-corrected chi connectivity index (χ1v) is 6.81. The summed E-state index contributed by atoms with van der Waals surface area (Å²) in [5, 5.41) is 12.9. The van der Waals surface area contributed by atoms with Gasteiger partial charge in [-0.2, -0.15) is 0 Å². The molecule has 0 fully saturated rings. The van der Waals surface area contributed by atoms with Crippen LogP contribution in [-0.2, 0) is 0 Å². The fourth-order valence-corrected chi connectivity index (χ4v) is 2.29. The van der Waals surface area contributed by atoms with E-state index in [1.165, 1.54) is 0 Å². The molecule has 5 nitrogen and oxygen atoms in total. The van der Waals surface area contributed by atoms with E-state index in [4.69, 9.17) is 10.8 Å². The number of benzene rings is 1. The number of nitrogen functional groups attached to an aromatic ring is 1. The largest absolute Gasteiger partial charge is 0.399 e. The third-order valence-corrected chi connectivity index (χ3v) is 3.51. The van der Waals surface area contributed by atoms with Gasteiger partial charge in [0, 0.05) is 35.4 Å². The zero-order valence-corrected chi connectivity index (χ0v) is 11.8. The van der Waals surface area contributed by atoms with Crippen LogP contribution in [0.25, 0.3) is 10.9 Å². The van der Waals surface area contributed by atoms with Gasteiger partial charge in [0.05, 0.1) is 5.56 Å². The molecule has 2 rings (SSSR count). The van der Waals surface area contributed by atoms with Gasteiger partial charge in [-0.1, -0.05) is 13.8 Å². The number of carbonyl (C=O) groups excluding carboxylic acids is 1. The van der Waals surface area contributed by atoms with Crippen LogP contribution in [0, 0.1) is 5.92 Å². The molecule has 0 saturated carbocycles. The summed E-state index contributed by atoms with van der Waals surface area (Å²) < 4.78 is 0. The molecular formula is C15H21N3O2. The van der Waals surface area contributed by atoms with Crippen molar-refractivity contribution in [3.63, 3.8) is 0 Å². The van der Waals surface area contributed by atoms with Crippen LogP contribution in [0.15, 0.2) is 24.4 Å². The van der Waals surface area contributed by atoms with Crippen molar-refractivity contribution < 1.29 is 9.90 Å². The van der Waals surface area contributed by atoms with Crippen LogP contribution in [0.3, 0.4) is 0 Å². The van der Waals surface area contributed by atoms with Gasteiger partial charge in [-0.3, -0.25) is 4.79 Å². The Morgan fingerprint density at radius 2 is 2.20 bits per heavy atom. The van der Waals surface area contributed by atoms with Gasteiger partial charge in [0.25, 0.3) is 5.91 Å². The number of aromatic nitrogens is 1. The molecule has 2 aromatic rings. The zero-order chi connectivity index (χ0) is 14.7. The summed E-state index contributed by atoms with van der Waals surface area (Å²) in [6.07, 6.45) is 2.24. The molecule has 0 spiro atoms. The van der Waals surface area contributed by atoms with Crippen molar-refractivity contribution in [2.45, 2.75) is 26.3 Å². The van der Waals surface area contributed by atoms with Crippen molar-refractivity contribution >= 4 is 22.5 Å². The Morgan fingerprint density at radius 1 is 1.45 bits per heavy atom. The molecule has 5 N–H and O–H groups in total. The van der Waals surface area contributed by atoms with Crippen molar-refractivity contribution in [2.75, 3.05) is 12.3 Å². The first-order chi connectivity index (χ1) is 9.52. The summed E-state index contributed by atoms with van der Waals surface area (Å²) >= 11 is 0. The standard InChI is InChI=1S/C15H21N3O2/c1-9(2)13(5-6-19)18-15(20)12-8-17-14-7-10(16)3-4-11(12)14/h3-4,7-9,13,17,19H,5-6,16H2,1-2H3,(H,18,20). The summed E-state index contributed by atoms with van der Waals surface area (Å²) in [5.41, 5.74) is 7.83. The highest BCUT2D eigenvalue weighted by atomic mass is 16.3. The van der Waals surface area contributed by atoms with E-state index in [-0.39, 0.29) is 24.5 Å². The van der Waals surface area contributed by atoms with Crippen molar-refractivity contribution in [3.8, 4) is 0 Å². The topological polar surface area (TPSA) is 91.1 Å². The number of aliphatic hydroxyl groups excluding tert-OH is 1. The smallest absolute Gasteiger partial charge is 0.253 e. The SMILES string of the molecule is CC(C)C(CCO)NC(=O)c1c[nH]c2cc(N)ccc12. The summed E-state index contributed by atoms with van der Waals surface area (Å²) in [5.74, 6) is 0.139. The third-order valence-electron chi connectivity index (χ3n) is 3.51. The summed E-state index contributed by atoms with van der Waals surface area (Å²) in [7, 11) is 0. The van der Waals surface area contributed by atoms with Gasteiger partial charge in [0.1, 0.15) is 0 Å². The highest BCUT2D eigenvalue weighted by molar-refractivity contribution is 6.07. The van der Waals surface area contributed by atoms with Crippen LogP contribution in [0.1, 0.15) is 30.6 Å². The van der Waals surface area contributed by atoms with Crippen LogP contribution in [0.5, 0.6) is 0 Å². The molecule has 1 aromatic carbocycles. The lowest BCUT2D eigenvalue weighted by Gasteiger charge is -2.21. The number of fused-ring (bicyclic) bond motifs is 1. The highest BCUT2D eigenvalue weighted by Gasteiger charge is 2.18. The minimum Gasteiger partial charge on any atom is -0.399 e. The van der Waals surface area contributed by atoms with Gasteiger partial charge in [-0.25, -0.2) is 0 Å². The van der Waals surface area contributed by atoms with E-state index in [9.17, 15) is 4.79 Å². The Balaban J connectivity index is 2.23. The summed E-state index contributed by atoms with van der Waals surface area (Å²) in [6, 6.07) is 5.39. The second-order valence-electron chi connectivity index (χ2n) is 5.34. The fourth-order valence-electron chi connectivity index (χ4n) is 2.29. The lowest BCUT2D eigenvalue weighted by Crippen LogP contribution is -2.39. The maximum atomic E-state index is 12.4. The first kappa shape index (κ1) is 14.4. The Hall–Kier alpha value is -2.01. The second-order valence-corrected chi connectivity index (χ2v) is 5.34. The number of carbonyl (C=O) groups is 1. The quantitative estimate of drug-likeness (QED) is 0.628. The number of hydrogen-bond acceptors (Lipinski definition) is 3. The lowest BCUT2D eigenvalue weighted by molar-refractivity contribution is 0.0918. The molecule has 1 amide bonds. The van der Waals surface area contributed by atoms with E-state index >= 15 is 0 Å². The molecule has 20 heavy (non-hydrogen) atoms. The Bertz CT molecular complexity index is 604. The van der Waals surface area contributed by atoms with Gasteiger partial charge >= 0.3 is 0 Å². The highest BCUT2D eigenvalue weighted by Crippen LogP contribution is 2.21. The molecular weight excluding hydrogens is 254 g/mol. The number of rotatable bonds is 5. The number of anilines is 1. The maximum Gasteiger partial charge on any atom is 0.253 e. The average molecular weight is 275 g/mol. The van der Waals surface area contributed by atoms with Crippen LogP contribution < -0.4 is 11.1 Å². The van der Waals surface area contributed by atoms with Crippen molar-refractivity contribution in [3.05, 3.63) is 30.0 Å². The number of H-pyrrole nitrogens is 1. The number of aromatic amines is 1. The number of amides is 1. The fraction of sp³-hybridized carbons (Fsp3) is 0.400. The summed E-state index contributed by atoms with van der Waals surface area (Å²) in [4.78, 5) is 15.4. The van der Waals surface area contributed by atoms with Crippen molar-refractivity contribution in [1.82, 2.24) is 10.3 Å². The van der Waals surface area contributed by atoms with Gasteiger partial charge in [0.2, 0.25) is 0 Å². The first-order valence-electron chi connectivity index (χ1n) is 6.81. The van der Waals surface area contributed by atoms with E-state index in [0.29, 0.717) is 17.7 Å². The normalized spacial score (nSPS) is 12.8. The zero-order valence-electron chi connectivity index (χ0n) is 11.8. The number of nitrogens with one attached hydrogen (secondary N) is 2. The molecule has 1 aromatic heterocycles. The molecule has 0 aliphatic carbocycles. The minimum atomic E-state index is -0.131. The molecule has 0 bridgehead atoms. The molecule has 0 aliphatic rings. The van der Waals surface area contributed by atoms with Crippen LogP contribution >= 0.6 is 0 Å². The lowest BCUT2D eigenvalue weighted by atomic mass is 10.0. The number of nitrogens with two attached hydrogens (primary N) is 1. The second kappa shape index (κ2) is 5.96. The molecule has 0 aliphatic heterocycles. The molecule has 5 heteroatoms.